The quantitative estimate of drug-likeness (QED) is 0.761. The van der Waals surface area contributed by atoms with Crippen LogP contribution in [0.25, 0.3) is 0 Å². The molecule has 0 unspecified atom stereocenters. The molecule has 138 valence electrons. The summed E-state index contributed by atoms with van der Waals surface area (Å²) in [6.07, 6.45) is 3.82. The molecule has 1 aromatic rings. The van der Waals surface area contributed by atoms with Crippen molar-refractivity contribution in [1.29, 1.82) is 0 Å². The number of nitrogens with one attached hydrogen (secondary N) is 2. The van der Waals surface area contributed by atoms with Gasteiger partial charge in [-0.1, -0.05) is 13.0 Å². The van der Waals surface area contributed by atoms with E-state index in [9.17, 15) is 4.79 Å². The molecule has 1 aromatic carbocycles. The number of carbonyl (C=O) groups is 1. The molecule has 0 spiro atoms. The number of hydrogen-bond donors (Lipinski definition) is 2. The van der Waals surface area contributed by atoms with E-state index in [1.807, 2.05) is 13.0 Å². The van der Waals surface area contributed by atoms with Gasteiger partial charge in [0, 0.05) is 50.6 Å². The highest BCUT2D eigenvalue weighted by atomic mass is 16.2. The van der Waals surface area contributed by atoms with Gasteiger partial charge in [0.1, 0.15) is 6.04 Å². The SMILES string of the molecule is CCCNC(=O)[C@H](C)Nc1cccc(N2CCN(CC3CC3)CC2)c1. The van der Waals surface area contributed by atoms with E-state index in [0.717, 1.165) is 50.7 Å². The van der Waals surface area contributed by atoms with E-state index in [1.165, 1.54) is 25.1 Å². The Kier molecular flexibility index (Phi) is 6.19. The van der Waals surface area contributed by atoms with Crippen molar-refractivity contribution in [3.63, 3.8) is 0 Å². The molecule has 3 rings (SSSR count). The fourth-order valence-corrected chi connectivity index (χ4v) is 3.36. The Bertz CT molecular complexity index is 565. The molecule has 0 bridgehead atoms. The third-order valence-corrected chi connectivity index (χ3v) is 5.12. The zero-order valence-corrected chi connectivity index (χ0v) is 15.6. The molecule has 1 heterocycles. The molecule has 2 fully saturated rings. The summed E-state index contributed by atoms with van der Waals surface area (Å²) < 4.78 is 0. The third-order valence-electron chi connectivity index (χ3n) is 5.12. The Morgan fingerprint density at radius 3 is 2.68 bits per heavy atom. The van der Waals surface area contributed by atoms with E-state index in [-0.39, 0.29) is 11.9 Å². The normalized spacial score (nSPS) is 19.5. The summed E-state index contributed by atoms with van der Waals surface area (Å²) in [4.78, 5) is 17.1. The van der Waals surface area contributed by atoms with Gasteiger partial charge in [-0.2, -0.15) is 0 Å². The minimum atomic E-state index is -0.225. The van der Waals surface area contributed by atoms with E-state index >= 15 is 0 Å². The minimum absolute atomic E-state index is 0.0564. The second kappa shape index (κ2) is 8.56. The van der Waals surface area contributed by atoms with Gasteiger partial charge in [-0.25, -0.2) is 0 Å². The zero-order valence-electron chi connectivity index (χ0n) is 15.6. The minimum Gasteiger partial charge on any atom is -0.374 e. The molecule has 5 nitrogen and oxygen atoms in total. The summed E-state index contributed by atoms with van der Waals surface area (Å²) in [6.45, 7) is 10.5. The highest BCUT2D eigenvalue weighted by Crippen LogP contribution is 2.30. The molecular weight excluding hydrogens is 312 g/mol. The van der Waals surface area contributed by atoms with Crippen LogP contribution in [0.2, 0.25) is 0 Å². The first-order chi connectivity index (χ1) is 12.2. The van der Waals surface area contributed by atoms with Crippen molar-refractivity contribution in [3.05, 3.63) is 24.3 Å². The average Bonchev–Trinajstić information content (AvgIpc) is 3.44. The molecule has 5 heteroatoms. The van der Waals surface area contributed by atoms with E-state index in [1.54, 1.807) is 0 Å². The maximum Gasteiger partial charge on any atom is 0.242 e. The average molecular weight is 345 g/mol. The van der Waals surface area contributed by atoms with Crippen LogP contribution in [0.5, 0.6) is 0 Å². The highest BCUT2D eigenvalue weighted by Gasteiger charge is 2.26. The molecular formula is C20H32N4O. The van der Waals surface area contributed by atoms with Crippen molar-refractivity contribution in [1.82, 2.24) is 10.2 Å². The number of piperazine rings is 1. The van der Waals surface area contributed by atoms with E-state index < -0.39 is 0 Å². The van der Waals surface area contributed by atoms with Crippen molar-refractivity contribution in [2.75, 3.05) is 49.5 Å². The Morgan fingerprint density at radius 2 is 2.00 bits per heavy atom. The van der Waals surface area contributed by atoms with Crippen LogP contribution in [0, 0.1) is 5.92 Å². The smallest absolute Gasteiger partial charge is 0.242 e. The summed E-state index contributed by atoms with van der Waals surface area (Å²) in [5, 5.41) is 6.26. The van der Waals surface area contributed by atoms with Gasteiger partial charge in [0.25, 0.3) is 0 Å². The predicted molar refractivity (Wildman–Crippen MR) is 104 cm³/mol. The number of amides is 1. The van der Waals surface area contributed by atoms with E-state index in [0.29, 0.717) is 0 Å². The monoisotopic (exact) mass is 344 g/mol. The van der Waals surface area contributed by atoms with Gasteiger partial charge < -0.3 is 15.5 Å². The summed E-state index contributed by atoms with van der Waals surface area (Å²) in [5.74, 6) is 1.03. The fraction of sp³-hybridized carbons (Fsp3) is 0.650. The molecule has 2 N–H and O–H groups in total. The van der Waals surface area contributed by atoms with Crippen molar-refractivity contribution < 1.29 is 4.79 Å². The van der Waals surface area contributed by atoms with E-state index in [4.69, 9.17) is 0 Å². The van der Waals surface area contributed by atoms with Crippen molar-refractivity contribution >= 4 is 17.3 Å². The second-order valence-electron chi connectivity index (χ2n) is 7.44. The van der Waals surface area contributed by atoms with Crippen molar-refractivity contribution in [3.8, 4) is 0 Å². The topological polar surface area (TPSA) is 47.6 Å². The maximum absolute atomic E-state index is 12.0. The molecule has 1 atom stereocenters. The molecule has 1 aliphatic heterocycles. The van der Waals surface area contributed by atoms with Gasteiger partial charge >= 0.3 is 0 Å². The number of nitrogens with zero attached hydrogens (tertiary/aromatic N) is 2. The van der Waals surface area contributed by atoms with Gasteiger partial charge in [-0.05, 0) is 50.3 Å². The number of anilines is 2. The summed E-state index contributed by atoms with van der Waals surface area (Å²) in [6, 6.07) is 8.22. The van der Waals surface area contributed by atoms with Crippen LogP contribution >= 0.6 is 0 Å². The van der Waals surface area contributed by atoms with Crippen LogP contribution in [-0.2, 0) is 4.79 Å². The first-order valence-corrected chi connectivity index (χ1v) is 9.77. The van der Waals surface area contributed by atoms with Crippen LogP contribution in [0.15, 0.2) is 24.3 Å². The summed E-state index contributed by atoms with van der Waals surface area (Å²) >= 11 is 0. The van der Waals surface area contributed by atoms with Crippen LogP contribution in [-0.4, -0.2) is 56.1 Å². The highest BCUT2D eigenvalue weighted by molar-refractivity contribution is 5.84. The lowest BCUT2D eigenvalue weighted by atomic mass is 10.2. The lowest BCUT2D eigenvalue weighted by Gasteiger charge is -2.36. The molecule has 1 aliphatic carbocycles. The van der Waals surface area contributed by atoms with Crippen LogP contribution in [0.4, 0.5) is 11.4 Å². The Labute approximate surface area is 151 Å². The van der Waals surface area contributed by atoms with Crippen LogP contribution < -0.4 is 15.5 Å². The Morgan fingerprint density at radius 1 is 1.24 bits per heavy atom. The lowest BCUT2D eigenvalue weighted by Crippen LogP contribution is -2.47. The molecule has 1 saturated heterocycles. The van der Waals surface area contributed by atoms with Gasteiger partial charge in [0.05, 0.1) is 0 Å². The third kappa shape index (κ3) is 5.36. The number of hydrogen-bond acceptors (Lipinski definition) is 4. The predicted octanol–water partition coefficient (Wildman–Crippen LogP) is 2.55. The summed E-state index contributed by atoms with van der Waals surface area (Å²) in [5.41, 5.74) is 2.26. The molecule has 1 amide bonds. The Balaban J connectivity index is 1.51. The lowest BCUT2D eigenvalue weighted by molar-refractivity contribution is -0.121. The summed E-state index contributed by atoms with van der Waals surface area (Å²) in [7, 11) is 0. The standard InChI is InChI=1S/C20H32N4O/c1-3-9-21-20(25)16(2)22-18-5-4-6-19(14-18)24-12-10-23(11-13-24)15-17-7-8-17/h4-6,14,16-17,22H,3,7-13,15H2,1-2H3,(H,21,25)/t16-/m0/s1. The van der Waals surface area contributed by atoms with Gasteiger partial charge in [-0.15, -0.1) is 0 Å². The second-order valence-corrected chi connectivity index (χ2v) is 7.44. The number of carbonyl (C=O) groups excluding carboxylic acids is 1. The van der Waals surface area contributed by atoms with Crippen LogP contribution in [0.1, 0.15) is 33.1 Å². The molecule has 2 aliphatic rings. The first kappa shape index (κ1) is 18.1. The molecule has 1 saturated carbocycles. The molecule has 25 heavy (non-hydrogen) atoms. The van der Waals surface area contributed by atoms with E-state index in [2.05, 4.69) is 45.6 Å². The Hall–Kier alpha value is -1.75. The number of rotatable bonds is 8. The van der Waals surface area contributed by atoms with Crippen molar-refractivity contribution in [2.45, 2.75) is 39.2 Å². The van der Waals surface area contributed by atoms with Crippen molar-refractivity contribution in [2.24, 2.45) is 5.92 Å². The van der Waals surface area contributed by atoms with Crippen LogP contribution in [0.3, 0.4) is 0 Å². The first-order valence-electron chi connectivity index (χ1n) is 9.77. The maximum atomic E-state index is 12.0. The number of benzene rings is 1. The molecule has 0 aromatic heterocycles. The van der Waals surface area contributed by atoms with Gasteiger partial charge in [0.2, 0.25) is 5.91 Å². The fourth-order valence-electron chi connectivity index (χ4n) is 3.36. The molecule has 0 radical (unpaired) electrons. The van der Waals surface area contributed by atoms with Gasteiger partial charge in [-0.3, -0.25) is 9.69 Å². The largest absolute Gasteiger partial charge is 0.374 e. The van der Waals surface area contributed by atoms with Gasteiger partial charge in [0.15, 0.2) is 0 Å². The zero-order chi connectivity index (χ0) is 17.6.